The van der Waals surface area contributed by atoms with Gasteiger partial charge in [0.25, 0.3) is 0 Å². The van der Waals surface area contributed by atoms with Gasteiger partial charge in [-0.05, 0) is 32.0 Å². The molecule has 0 saturated heterocycles. The number of rotatable bonds is 3. The monoisotopic (exact) mass is 261 g/mol. The van der Waals surface area contributed by atoms with Crippen LogP contribution in [-0.2, 0) is 6.18 Å². The van der Waals surface area contributed by atoms with Gasteiger partial charge in [-0.2, -0.15) is 13.2 Å². The van der Waals surface area contributed by atoms with E-state index in [1.807, 2.05) is 13.8 Å². The van der Waals surface area contributed by atoms with E-state index < -0.39 is 23.3 Å². The van der Waals surface area contributed by atoms with Crippen molar-refractivity contribution in [2.45, 2.75) is 26.1 Å². The number of carbonyl (C=O) groups is 1. The largest absolute Gasteiger partial charge is 0.478 e. The second-order valence-corrected chi connectivity index (χ2v) is 4.24. The minimum absolute atomic E-state index is 0.0155. The smallest absolute Gasteiger partial charge is 0.417 e. The lowest BCUT2D eigenvalue weighted by atomic mass is 10.1. The summed E-state index contributed by atoms with van der Waals surface area (Å²) in [6.45, 7) is 3.66. The predicted octanol–water partition coefficient (Wildman–Crippen LogP) is 3.25. The highest BCUT2D eigenvalue weighted by Gasteiger charge is 2.35. The Morgan fingerprint density at radius 2 is 1.89 bits per heavy atom. The summed E-state index contributed by atoms with van der Waals surface area (Å²) in [6, 6.07) is 3.24. The molecule has 0 saturated carbocycles. The number of halogens is 3. The molecule has 1 aromatic rings. The first kappa shape index (κ1) is 14.3. The number of benzene rings is 1. The highest BCUT2D eigenvalue weighted by molar-refractivity contribution is 5.90. The molecule has 1 rings (SSSR count). The maximum Gasteiger partial charge on any atom is 0.417 e. The van der Waals surface area contributed by atoms with Crippen molar-refractivity contribution in [2.75, 3.05) is 11.9 Å². The van der Waals surface area contributed by atoms with E-state index in [4.69, 9.17) is 5.11 Å². The topological polar surface area (TPSA) is 40.5 Å². The minimum atomic E-state index is -4.68. The Kier molecular flexibility index (Phi) is 3.88. The Hall–Kier alpha value is -1.72. The number of carboxylic acid groups (broad SMARTS) is 1. The standard InChI is InChI=1S/C12H14F3NO2/c1-7(2)16(3)8-4-5-9(11(17)18)10(6-8)12(13,14)15/h4-7H,1-3H3,(H,17,18). The zero-order valence-corrected chi connectivity index (χ0v) is 10.2. The fourth-order valence-electron chi connectivity index (χ4n) is 1.47. The SMILES string of the molecule is CC(C)N(C)c1ccc(C(=O)O)c(C(F)(F)F)c1. The summed E-state index contributed by atoms with van der Waals surface area (Å²) in [5.74, 6) is -1.58. The summed E-state index contributed by atoms with van der Waals surface area (Å²) in [5, 5.41) is 8.75. The summed E-state index contributed by atoms with van der Waals surface area (Å²) < 4.78 is 38.3. The summed E-state index contributed by atoms with van der Waals surface area (Å²) in [4.78, 5) is 12.4. The van der Waals surface area contributed by atoms with E-state index in [0.717, 1.165) is 12.1 Å². The average Bonchev–Trinajstić information content (AvgIpc) is 2.25. The van der Waals surface area contributed by atoms with Crippen molar-refractivity contribution in [3.63, 3.8) is 0 Å². The number of nitrogens with zero attached hydrogens (tertiary/aromatic N) is 1. The van der Waals surface area contributed by atoms with Gasteiger partial charge in [0.2, 0.25) is 0 Å². The van der Waals surface area contributed by atoms with Crippen LogP contribution in [0.15, 0.2) is 18.2 Å². The third-order valence-electron chi connectivity index (χ3n) is 2.72. The van der Waals surface area contributed by atoms with E-state index >= 15 is 0 Å². The summed E-state index contributed by atoms with van der Waals surface area (Å²) in [5.41, 5.74) is -1.52. The fourth-order valence-corrected chi connectivity index (χ4v) is 1.47. The zero-order valence-electron chi connectivity index (χ0n) is 10.2. The van der Waals surface area contributed by atoms with Gasteiger partial charge in [-0.3, -0.25) is 0 Å². The second-order valence-electron chi connectivity index (χ2n) is 4.24. The number of carboxylic acids is 1. The van der Waals surface area contributed by atoms with Crippen molar-refractivity contribution in [1.82, 2.24) is 0 Å². The van der Waals surface area contributed by atoms with Crippen LogP contribution in [0.5, 0.6) is 0 Å². The zero-order chi connectivity index (χ0) is 14.1. The Labute approximate surface area is 103 Å². The third-order valence-corrected chi connectivity index (χ3v) is 2.72. The van der Waals surface area contributed by atoms with Gasteiger partial charge in [0.05, 0.1) is 11.1 Å². The molecule has 6 heteroatoms. The molecule has 0 radical (unpaired) electrons. The van der Waals surface area contributed by atoms with Crippen LogP contribution in [0, 0.1) is 0 Å². The Bertz CT molecular complexity index is 455. The highest BCUT2D eigenvalue weighted by atomic mass is 19.4. The molecule has 3 nitrogen and oxygen atoms in total. The molecular weight excluding hydrogens is 247 g/mol. The van der Waals surface area contributed by atoms with E-state index in [-0.39, 0.29) is 6.04 Å². The molecule has 0 aliphatic rings. The summed E-state index contributed by atoms with van der Waals surface area (Å²) in [6.07, 6.45) is -4.68. The molecule has 100 valence electrons. The lowest BCUT2D eigenvalue weighted by molar-refractivity contribution is -0.138. The molecule has 0 unspecified atom stereocenters. The molecule has 0 heterocycles. The van der Waals surface area contributed by atoms with E-state index in [9.17, 15) is 18.0 Å². The normalized spacial score (nSPS) is 11.7. The van der Waals surface area contributed by atoms with Gasteiger partial charge >= 0.3 is 12.1 Å². The van der Waals surface area contributed by atoms with Crippen molar-refractivity contribution in [3.8, 4) is 0 Å². The van der Waals surface area contributed by atoms with Crippen LogP contribution in [-0.4, -0.2) is 24.2 Å². The van der Waals surface area contributed by atoms with Crippen LogP contribution in [0.1, 0.15) is 29.8 Å². The molecule has 0 aliphatic heterocycles. The Morgan fingerprint density at radius 1 is 1.33 bits per heavy atom. The quantitative estimate of drug-likeness (QED) is 0.908. The van der Waals surface area contributed by atoms with Crippen LogP contribution in [0.25, 0.3) is 0 Å². The first-order valence-electron chi connectivity index (χ1n) is 5.32. The molecule has 0 atom stereocenters. The number of hydrogen-bond donors (Lipinski definition) is 1. The summed E-state index contributed by atoms with van der Waals surface area (Å²) in [7, 11) is 1.65. The Morgan fingerprint density at radius 3 is 2.28 bits per heavy atom. The number of anilines is 1. The predicted molar refractivity (Wildman–Crippen MR) is 61.9 cm³/mol. The fraction of sp³-hybridized carbons (Fsp3) is 0.417. The van der Waals surface area contributed by atoms with Crippen molar-refractivity contribution >= 4 is 11.7 Å². The van der Waals surface area contributed by atoms with Crippen LogP contribution >= 0.6 is 0 Å². The van der Waals surface area contributed by atoms with Crippen molar-refractivity contribution in [2.24, 2.45) is 0 Å². The van der Waals surface area contributed by atoms with Crippen LogP contribution < -0.4 is 4.90 Å². The molecule has 0 spiro atoms. The Balaban J connectivity index is 3.35. The number of hydrogen-bond acceptors (Lipinski definition) is 2. The highest BCUT2D eigenvalue weighted by Crippen LogP contribution is 2.34. The third kappa shape index (κ3) is 2.94. The molecule has 0 aromatic heterocycles. The van der Waals surface area contributed by atoms with E-state index in [2.05, 4.69) is 0 Å². The molecule has 0 fully saturated rings. The maximum absolute atomic E-state index is 12.8. The van der Waals surface area contributed by atoms with E-state index in [1.54, 1.807) is 11.9 Å². The molecule has 0 aliphatic carbocycles. The molecule has 1 aromatic carbocycles. The second kappa shape index (κ2) is 4.88. The van der Waals surface area contributed by atoms with Crippen LogP contribution in [0.2, 0.25) is 0 Å². The van der Waals surface area contributed by atoms with E-state index in [0.29, 0.717) is 5.69 Å². The van der Waals surface area contributed by atoms with Crippen molar-refractivity contribution in [1.29, 1.82) is 0 Å². The van der Waals surface area contributed by atoms with Gasteiger partial charge in [-0.25, -0.2) is 4.79 Å². The van der Waals surface area contributed by atoms with E-state index in [1.165, 1.54) is 6.07 Å². The molecule has 18 heavy (non-hydrogen) atoms. The van der Waals surface area contributed by atoms with Crippen molar-refractivity contribution < 1.29 is 23.1 Å². The van der Waals surface area contributed by atoms with Crippen LogP contribution in [0.3, 0.4) is 0 Å². The minimum Gasteiger partial charge on any atom is -0.478 e. The van der Waals surface area contributed by atoms with Gasteiger partial charge in [-0.1, -0.05) is 0 Å². The number of aromatic carboxylic acids is 1. The first-order valence-corrected chi connectivity index (χ1v) is 5.32. The van der Waals surface area contributed by atoms with Crippen molar-refractivity contribution in [3.05, 3.63) is 29.3 Å². The van der Waals surface area contributed by atoms with Gasteiger partial charge < -0.3 is 10.0 Å². The average molecular weight is 261 g/mol. The van der Waals surface area contributed by atoms with Gasteiger partial charge in [-0.15, -0.1) is 0 Å². The lowest BCUT2D eigenvalue weighted by Gasteiger charge is -2.25. The van der Waals surface area contributed by atoms with Gasteiger partial charge in [0.15, 0.2) is 0 Å². The molecule has 1 N–H and O–H groups in total. The van der Waals surface area contributed by atoms with Gasteiger partial charge in [0, 0.05) is 18.8 Å². The lowest BCUT2D eigenvalue weighted by Crippen LogP contribution is -2.26. The number of alkyl halides is 3. The maximum atomic E-state index is 12.8. The van der Waals surface area contributed by atoms with Crippen LogP contribution in [0.4, 0.5) is 18.9 Å². The molecule has 0 amide bonds. The first-order chi connectivity index (χ1) is 8.14. The molecule has 0 bridgehead atoms. The summed E-state index contributed by atoms with van der Waals surface area (Å²) >= 11 is 0. The molecular formula is C12H14F3NO2. The van der Waals surface area contributed by atoms with Gasteiger partial charge in [0.1, 0.15) is 0 Å².